The molecule has 0 unspecified atom stereocenters. The molecule has 2 aromatic rings. The van der Waals surface area contributed by atoms with Gasteiger partial charge in [-0.05, 0) is 31.5 Å². The van der Waals surface area contributed by atoms with Crippen molar-refractivity contribution in [2.45, 2.75) is 23.1 Å². The third-order valence-corrected chi connectivity index (χ3v) is 5.47. The fraction of sp³-hybridized carbons (Fsp3) is 0.385. The minimum absolute atomic E-state index is 0.0832. The molecule has 1 aliphatic rings. The van der Waals surface area contributed by atoms with Gasteiger partial charge in [-0.2, -0.15) is 0 Å². The normalized spacial score (nSPS) is 20.5. The van der Waals surface area contributed by atoms with Gasteiger partial charge in [0.1, 0.15) is 0 Å². The van der Waals surface area contributed by atoms with Crippen molar-refractivity contribution in [2.75, 3.05) is 13.1 Å². The Balaban J connectivity index is 2.02. The predicted molar refractivity (Wildman–Crippen MR) is 72.6 cm³/mol. The van der Waals surface area contributed by atoms with Gasteiger partial charge in [0.2, 0.25) is 9.84 Å². The highest BCUT2D eigenvalue weighted by Gasteiger charge is 2.30. The maximum atomic E-state index is 12.5. The lowest BCUT2D eigenvalue weighted by Crippen LogP contribution is -2.39. The summed E-state index contributed by atoms with van der Waals surface area (Å²) in [6, 6.07) is 7.28. The number of rotatable bonds is 2. The maximum absolute atomic E-state index is 12.5. The largest absolute Gasteiger partial charge is 0.315 e. The van der Waals surface area contributed by atoms with E-state index in [0.717, 1.165) is 13.0 Å². The first-order valence-electron chi connectivity index (χ1n) is 6.34. The van der Waals surface area contributed by atoms with Crippen LogP contribution < -0.4 is 5.32 Å². The number of nitrogens with one attached hydrogen (secondary N) is 1. The van der Waals surface area contributed by atoms with E-state index in [1.54, 1.807) is 6.07 Å². The molecule has 0 amide bonds. The SMILES string of the molecule is O=S(=O)(c1cnc2ccccc2n1)[C@H]1CCCNC1. The molecule has 1 N–H and O–H groups in total. The molecule has 0 bridgehead atoms. The van der Waals surface area contributed by atoms with E-state index in [1.807, 2.05) is 18.2 Å². The van der Waals surface area contributed by atoms with E-state index < -0.39 is 15.1 Å². The molecule has 3 rings (SSSR count). The van der Waals surface area contributed by atoms with Crippen LogP contribution in [0.4, 0.5) is 0 Å². The minimum Gasteiger partial charge on any atom is -0.315 e. The van der Waals surface area contributed by atoms with E-state index >= 15 is 0 Å². The zero-order chi connectivity index (χ0) is 13.3. The van der Waals surface area contributed by atoms with E-state index in [0.29, 0.717) is 24.0 Å². The quantitative estimate of drug-likeness (QED) is 0.891. The molecule has 0 spiro atoms. The zero-order valence-electron chi connectivity index (χ0n) is 10.4. The number of nitrogens with zero attached hydrogens (tertiary/aromatic N) is 2. The van der Waals surface area contributed by atoms with E-state index in [-0.39, 0.29) is 5.03 Å². The van der Waals surface area contributed by atoms with Crippen molar-refractivity contribution >= 4 is 20.9 Å². The van der Waals surface area contributed by atoms with Crippen LogP contribution in [0.5, 0.6) is 0 Å². The molecular weight excluding hydrogens is 262 g/mol. The highest BCUT2D eigenvalue weighted by molar-refractivity contribution is 7.92. The monoisotopic (exact) mass is 277 g/mol. The van der Waals surface area contributed by atoms with E-state index in [1.165, 1.54) is 6.20 Å². The van der Waals surface area contributed by atoms with Crippen molar-refractivity contribution in [2.24, 2.45) is 0 Å². The molecule has 2 heterocycles. The number of fused-ring (bicyclic) bond motifs is 1. The molecule has 1 atom stereocenters. The molecule has 1 aliphatic heterocycles. The van der Waals surface area contributed by atoms with Crippen LogP contribution in [-0.2, 0) is 9.84 Å². The average Bonchev–Trinajstić information content (AvgIpc) is 2.47. The smallest absolute Gasteiger partial charge is 0.201 e. The Bertz CT molecular complexity index is 694. The molecule has 19 heavy (non-hydrogen) atoms. The Morgan fingerprint density at radius 1 is 1.21 bits per heavy atom. The van der Waals surface area contributed by atoms with Gasteiger partial charge in [0.25, 0.3) is 0 Å². The summed E-state index contributed by atoms with van der Waals surface area (Å²) >= 11 is 0. The van der Waals surface area contributed by atoms with Gasteiger partial charge in [-0.15, -0.1) is 0 Å². The van der Waals surface area contributed by atoms with Crippen LogP contribution in [0.1, 0.15) is 12.8 Å². The van der Waals surface area contributed by atoms with Crippen LogP contribution in [0.15, 0.2) is 35.5 Å². The lowest BCUT2D eigenvalue weighted by atomic mass is 10.2. The lowest BCUT2D eigenvalue weighted by molar-refractivity contribution is 0.495. The van der Waals surface area contributed by atoms with Gasteiger partial charge in [-0.1, -0.05) is 12.1 Å². The van der Waals surface area contributed by atoms with Crippen molar-refractivity contribution in [3.63, 3.8) is 0 Å². The van der Waals surface area contributed by atoms with Gasteiger partial charge in [0.05, 0.1) is 22.5 Å². The summed E-state index contributed by atoms with van der Waals surface area (Å²) < 4.78 is 25.0. The number of hydrogen-bond acceptors (Lipinski definition) is 5. The van der Waals surface area contributed by atoms with E-state index in [9.17, 15) is 8.42 Å². The Morgan fingerprint density at radius 2 is 2.00 bits per heavy atom. The predicted octanol–water partition coefficient (Wildman–Crippen LogP) is 1.16. The zero-order valence-corrected chi connectivity index (χ0v) is 11.2. The number of aromatic nitrogens is 2. The van der Waals surface area contributed by atoms with Gasteiger partial charge >= 0.3 is 0 Å². The Morgan fingerprint density at radius 3 is 2.74 bits per heavy atom. The lowest BCUT2D eigenvalue weighted by Gasteiger charge is -2.22. The first-order valence-corrected chi connectivity index (χ1v) is 7.89. The van der Waals surface area contributed by atoms with Crippen LogP contribution in [0.25, 0.3) is 11.0 Å². The molecular formula is C13H15N3O2S. The third-order valence-electron chi connectivity index (χ3n) is 3.41. The number of benzene rings is 1. The van der Waals surface area contributed by atoms with Gasteiger partial charge in [-0.3, -0.25) is 4.98 Å². The van der Waals surface area contributed by atoms with Crippen molar-refractivity contribution in [3.05, 3.63) is 30.5 Å². The van der Waals surface area contributed by atoms with Crippen molar-refractivity contribution in [1.29, 1.82) is 0 Å². The van der Waals surface area contributed by atoms with Crippen molar-refractivity contribution in [3.8, 4) is 0 Å². The summed E-state index contributed by atoms with van der Waals surface area (Å²) in [6.45, 7) is 1.38. The Hall–Kier alpha value is -1.53. The molecule has 6 heteroatoms. The minimum atomic E-state index is -3.39. The second-order valence-corrected chi connectivity index (χ2v) is 6.89. The van der Waals surface area contributed by atoms with Crippen LogP contribution in [-0.4, -0.2) is 36.7 Å². The van der Waals surface area contributed by atoms with Crippen LogP contribution >= 0.6 is 0 Å². The molecule has 100 valence electrons. The number of sulfone groups is 1. The average molecular weight is 277 g/mol. The molecule has 0 saturated carbocycles. The summed E-state index contributed by atoms with van der Waals surface area (Å²) in [5, 5.41) is 2.81. The third kappa shape index (κ3) is 2.33. The van der Waals surface area contributed by atoms with Crippen LogP contribution in [0.2, 0.25) is 0 Å². The van der Waals surface area contributed by atoms with Crippen LogP contribution in [0.3, 0.4) is 0 Å². The summed E-state index contributed by atoms with van der Waals surface area (Å²) in [5.41, 5.74) is 1.33. The van der Waals surface area contributed by atoms with E-state index in [2.05, 4.69) is 15.3 Å². The first kappa shape index (κ1) is 12.5. The van der Waals surface area contributed by atoms with Crippen LogP contribution in [0, 0.1) is 0 Å². The second-order valence-electron chi connectivity index (χ2n) is 4.71. The molecule has 0 aliphatic carbocycles. The molecule has 1 aromatic heterocycles. The molecule has 0 radical (unpaired) electrons. The molecule has 1 fully saturated rings. The Labute approximate surface area is 112 Å². The summed E-state index contributed by atoms with van der Waals surface area (Å²) in [7, 11) is -3.39. The second kappa shape index (κ2) is 4.86. The fourth-order valence-corrected chi connectivity index (χ4v) is 3.91. The first-order chi connectivity index (χ1) is 9.18. The summed E-state index contributed by atoms with van der Waals surface area (Å²) in [6.07, 6.45) is 2.93. The molecule has 1 saturated heterocycles. The van der Waals surface area contributed by atoms with E-state index in [4.69, 9.17) is 0 Å². The van der Waals surface area contributed by atoms with Crippen molar-refractivity contribution < 1.29 is 8.42 Å². The number of para-hydroxylation sites is 2. The van der Waals surface area contributed by atoms with Gasteiger partial charge in [0.15, 0.2) is 5.03 Å². The topological polar surface area (TPSA) is 72.0 Å². The standard InChI is InChI=1S/C13H15N3O2S/c17-19(18,10-4-3-7-14-8-10)13-9-15-11-5-1-2-6-12(11)16-13/h1-2,5-6,9-10,14H,3-4,7-8H2/t10-/m0/s1. The van der Waals surface area contributed by atoms with Gasteiger partial charge < -0.3 is 5.32 Å². The highest BCUT2D eigenvalue weighted by atomic mass is 32.2. The summed E-state index contributed by atoms with van der Waals surface area (Å²) in [5.74, 6) is 0. The number of hydrogen-bond donors (Lipinski definition) is 1. The highest BCUT2D eigenvalue weighted by Crippen LogP contribution is 2.20. The number of piperidine rings is 1. The molecule has 5 nitrogen and oxygen atoms in total. The molecule has 1 aromatic carbocycles. The Kier molecular flexibility index (Phi) is 3.20. The van der Waals surface area contributed by atoms with Gasteiger partial charge in [0, 0.05) is 6.54 Å². The fourth-order valence-electron chi connectivity index (χ4n) is 2.33. The van der Waals surface area contributed by atoms with Gasteiger partial charge in [-0.25, -0.2) is 13.4 Å². The summed E-state index contributed by atoms with van der Waals surface area (Å²) in [4.78, 5) is 8.42. The maximum Gasteiger partial charge on any atom is 0.201 e. The van der Waals surface area contributed by atoms with Crippen molar-refractivity contribution in [1.82, 2.24) is 15.3 Å².